The highest BCUT2D eigenvalue weighted by molar-refractivity contribution is 6.01. The molecular weight excluding hydrogens is 587 g/mol. The lowest BCUT2D eigenvalue weighted by molar-refractivity contribution is -0.137. The minimum absolute atomic E-state index is 0.0329. The Bertz CT molecular complexity index is 1560. The molecule has 1 aliphatic carbocycles. The van der Waals surface area contributed by atoms with Gasteiger partial charge in [0.05, 0.1) is 23.8 Å². The molecule has 0 bridgehead atoms. The summed E-state index contributed by atoms with van der Waals surface area (Å²) >= 11 is 0. The lowest BCUT2D eigenvalue weighted by Gasteiger charge is -2.46. The average Bonchev–Trinajstić information content (AvgIpc) is 3.06. The van der Waals surface area contributed by atoms with Crippen molar-refractivity contribution < 1.29 is 28.7 Å². The Labute approximate surface area is 268 Å². The van der Waals surface area contributed by atoms with Crippen LogP contribution in [0.5, 0.6) is 0 Å². The van der Waals surface area contributed by atoms with E-state index >= 15 is 0 Å². The number of piperazine rings is 1. The molecule has 3 aromatic rings. The van der Waals surface area contributed by atoms with E-state index in [1.54, 1.807) is 18.2 Å². The van der Waals surface area contributed by atoms with Crippen molar-refractivity contribution in [1.29, 1.82) is 0 Å². The predicted octanol–water partition coefficient (Wildman–Crippen LogP) is 6.03. The van der Waals surface area contributed by atoms with Gasteiger partial charge in [-0.15, -0.1) is 0 Å². The molecule has 3 atom stereocenters. The van der Waals surface area contributed by atoms with E-state index in [0.717, 1.165) is 37.8 Å². The lowest BCUT2D eigenvalue weighted by Crippen LogP contribution is -2.58. The number of nitrogens with zero attached hydrogens (tertiary/aromatic N) is 2. The molecule has 1 saturated carbocycles. The third-order valence-electron chi connectivity index (χ3n) is 9.03. The summed E-state index contributed by atoms with van der Waals surface area (Å²) in [5.41, 5.74) is 2.57. The second-order valence-corrected chi connectivity index (χ2v) is 12.4. The molecule has 1 aliphatic heterocycles. The third-order valence-corrected chi connectivity index (χ3v) is 9.03. The first-order chi connectivity index (χ1) is 22.1. The number of carbonyl (C=O) groups is 4. The van der Waals surface area contributed by atoms with Crippen LogP contribution >= 0.6 is 0 Å². The van der Waals surface area contributed by atoms with Gasteiger partial charge in [-0.2, -0.15) is 0 Å². The SMILES string of the molecule is CC1CN(c2ccc(C(=O)NC(CC(=O)O)c3ccc(F)cc3)cc2NC(=O)C2CCCCC2)C(C)CN1C(=O)c1ccccc1. The Morgan fingerprint density at radius 2 is 1.57 bits per heavy atom. The van der Waals surface area contributed by atoms with Gasteiger partial charge in [0, 0.05) is 42.2 Å². The minimum Gasteiger partial charge on any atom is -0.481 e. The topological polar surface area (TPSA) is 119 Å². The highest BCUT2D eigenvalue weighted by atomic mass is 19.1. The zero-order valence-corrected chi connectivity index (χ0v) is 26.2. The molecule has 46 heavy (non-hydrogen) atoms. The summed E-state index contributed by atoms with van der Waals surface area (Å²) in [4.78, 5) is 56.0. The van der Waals surface area contributed by atoms with Crippen LogP contribution in [0.4, 0.5) is 15.8 Å². The molecule has 9 nitrogen and oxygen atoms in total. The number of anilines is 2. The van der Waals surface area contributed by atoms with Gasteiger partial charge in [0.15, 0.2) is 0 Å². The van der Waals surface area contributed by atoms with E-state index in [9.17, 15) is 28.7 Å². The number of rotatable bonds is 9. The van der Waals surface area contributed by atoms with Gasteiger partial charge in [-0.25, -0.2) is 4.39 Å². The van der Waals surface area contributed by atoms with Gasteiger partial charge in [0.25, 0.3) is 11.8 Å². The highest BCUT2D eigenvalue weighted by Crippen LogP contribution is 2.34. The van der Waals surface area contributed by atoms with E-state index in [2.05, 4.69) is 15.5 Å². The molecule has 242 valence electrons. The fraction of sp³-hybridized carbons (Fsp3) is 0.389. The number of nitrogens with one attached hydrogen (secondary N) is 2. The van der Waals surface area contributed by atoms with Gasteiger partial charge in [0.1, 0.15) is 5.82 Å². The first kappa shape index (κ1) is 32.7. The second-order valence-electron chi connectivity index (χ2n) is 12.4. The van der Waals surface area contributed by atoms with Crippen LogP contribution in [-0.2, 0) is 9.59 Å². The number of carboxylic acids is 1. The summed E-state index contributed by atoms with van der Waals surface area (Å²) in [5, 5.41) is 15.4. The second kappa shape index (κ2) is 14.6. The van der Waals surface area contributed by atoms with Crippen LogP contribution in [0.2, 0.25) is 0 Å². The maximum absolute atomic E-state index is 13.5. The molecule has 2 aliphatic rings. The van der Waals surface area contributed by atoms with Gasteiger partial charge in [-0.05, 0) is 74.7 Å². The van der Waals surface area contributed by atoms with Crippen LogP contribution in [0.25, 0.3) is 0 Å². The van der Waals surface area contributed by atoms with Crippen molar-refractivity contribution in [3.8, 4) is 0 Å². The molecule has 0 radical (unpaired) electrons. The van der Waals surface area contributed by atoms with Gasteiger partial charge in [-0.1, -0.05) is 49.6 Å². The quantitative estimate of drug-likeness (QED) is 0.266. The van der Waals surface area contributed by atoms with Crippen molar-refractivity contribution in [2.24, 2.45) is 5.92 Å². The van der Waals surface area contributed by atoms with Gasteiger partial charge >= 0.3 is 5.97 Å². The molecule has 3 unspecified atom stereocenters. The molecular formula is C36H41FN4O5. The standard InChI is InChI=1S/C36H41FN4O5/c1-23-22-41(36(46)27-11-7-4-8-12-27)24(2)21-40(23)32-18-15-28(19-31(32)39-34(44)26-9-5-3-6-10-26)35(45)38-30(20-33(42)43)25-13-16-29(37)17-14-25/h4,7-8,11-19,23-24,26,30H,3,5-6,9-10,20-22H2,1-2H3,(H,38,45)(H,39,44)(H,42,43). The monoisotopic (exact) mass is 628 g/mol. The van der Waals surface area contributed by atoms with E-state index in [1.165, 1.54) is 24.3 Å². The van der Waals surface area contributed by atoms with Gasteiger partial charge < -0.3 is 25.5 Å². The van der Waals surface area contributed by atoms with Crippen LogP contribution in [0.15, 0.2) is 72.8 Å². The number of carboxylic acid groups (broad SMARTS) is 1. The van der Waals surface area contributed by atoms with Crippen molar-refractivity contribution in [3.63, 3.8) is 0 Å². The Kier molecular flexibility index (Phi) is 10.3. The minimum atomic E-state index is -1.11. The van der Waals surface area contributed by atoms with E-state index in [-0.39, 0.29) is 41.8 Å². The predicted molar refractivity (Wildman–Crippen MR) is 174 cm³/mol. The van der Waals surface area contributed by atoms with Crippen LogP contribution in [0, 0.1) is 11.7 Å². The van der Waals surface area contributed by atoms with E-state index in [0.29, 0.717) is 29.9 Å². The van der Waals surface area contributed by atoms with Crippen LogP contribution in [-0.4, -0.2) is 58.9 Å². The molecule has 10 heteroatoms. The molecule has 0 spiro atoms. The van der Waals surface area contributed by atoms with Crippen molar-refractivity contribution in [2.75, 3.05) is 23.3 Å². The molecule has 5 rings (SSSR count). The fourth-order valence-corrected chi connectivity index (χ4v) is 6.48. The molecule has 0 aromatic heterocycles. The first-order valence-corrected chi connectivity index (χ1v) is 16.0. The molecule has 1 heterocycles. The average molecular weight is 629 g/mol. The zero-order chi connectivity index (χ0) is 32.8. The molecule has 3 amide bonds. The third kappa shape index (κ3) is 7.73. The van der Waals surface area contributed by atoms with Crippen LogP contribution < -0.4 is 15.5 Å². The van der Waals surface area contributed by atoms with Crippen molar-refractivity contribution in [2.45, 2.75) is 70.5 Å². The normalized spacial score (nSPS) is 19.3. The van der Waals surface area contributed by atoms with Crippen molar-refractivity contribution in [1.82, 2.24) is 10.2 Å². The largest absolute Gasteiger partial charge is 0.481 e. The molecule has 3 N–H and O–H groups in total. The van der Waals surface area contributed by atoms with E-state index < -0.39 is 23.7 Å². The van der Waals surface area contributed by atoms with Gasteiger partial charge in [0.2, 0.25) is 5.91 Å². The number of halogens is 1. The number of hydrogen-bond donors (Lipinski definition) is 3. The number of carbonyl (C=O) groups excluding carboxylic acids is 3. The number of benzene rings is 3. The summed E-state index contributed by atoms with van der Waals surface area (Å²) < 4.78 is 13.5. The maximum atomic E-state index is 13.5. The smallest absolute Gasteiger partial charge is 0.305 e. The Hall–Kier alpha value is -4.73. The summed E-state index contributed by atoms with van der Waals surface area (Å²) in [5.74, 6) is -2.34. The van der Waals surface area contributed by atoms with E-state index in [4.69, 9.17) is 0 Å². The Balaban J connectivity index is 1.42. The lowest BCUT2D eigenvalue weighted by atomic mass is 9.88. The van der Waals surface area contributed by atoms with E-state index in [1.807, 2.05) is 49.1 Å². The molecule has 2 fully saturated rings. The van der Waals surface area contributed by atoms with Crippen LogP contribution in [0.1, 0.15) is 84.7 Å². The summed E-state index contributed by atoms with van der Waals surface area (Å²) in [7, 11) is 0. The fourth-order valence-electron chi connectivity index (χ4n) is 6.48. The number of aliphatic carboxylic acids is 1. The van der Waals surface area contributed by atoms with Crippen molar-refractivity contribution >= 4 is 35.1 Å². The molecule has 1 saturated heterocycles. The van der Waals surface area contributed by atoms with Crippen LogP contribution in [0.3, 0.4) is 0 Å². The van der Waals surface area contributed by atoms with Crippen molar-refractivity contribution in [3.05, 3.63) is 95.3 Å². The maximum Gasteiger partial charge on any atom is 0.305 e. The zero-order valence-electron chi connectivity index (χ0n) is 26.2. The summed E-state index contributed by atoms with van der Waals surface area (Å²) in [6, 6.07) is 18.5. The molecule has 3 aromatic carbocycles. The Morgan fingerprint density at radius 1 is 0.870 bits per heavy atom. The number of hydrogen-bond acceptors (Lipinski definition) is 5. The summed E-state index contributed by atoms with van der Waals surface area (Å²) in [6.07, 6.45) is 4.33. The number of amides is 3. The highest BCUT2D eigenvalue weighted by Gasteiger charge is 2.34. The van der Waals surface area contributed by atoms with Gasteiger partial charge in [-0.3, -0.25) is 19.2 Å². The summed E-state index contributed by atoms with van der Waals surface area (Å²) in [6.45, 7) is 5.02. The first-order valence-electron chi connectivity index (χ1n) is 16.0. The Morgan fingerprint density at radius 3 is 2.24 bits per heavy atom.